The Bertz CT molecular complexity index is 219. The fourth-order valence-electron chi connectivity index (χ4n) is 0.963. The van der Waals surface area contributed by atoms with E-state index in [-0.39, 0.29) is 0 Å². The van der Waals surface area contributed by atoms with Gasteiger partial charge in [-0.2, -0.15) is 0 Å². The topological polar surface area (TPSA) is 3.24 Å². The molecule has 0 aliphatic rings. The van der Waals surface area contributed by atoms with E-state index in [0.29, 0.717) is 5.92 Å². The van der Waals surface area contributed by atoms with Crippen LogP contribution in [0.3, 0.4) is 0 Å². The van der Waals surface area contributed by atoms with Crippen molar-refractivity contribution < 1.29 is 0 Å². The molecule has 0 spiro atoms. The second-order valence-electron chi connectivity index (χ2n) is 3.66. The van der Waals surface area contributed by atoms with Crippen molar-refractivity contribution in [3.8, 4) is 0 Å². The molecule has 0 fully saturated rings. The van der Waals surface area contributed by atoms with Gasteiger partial charge < -0.3 is 4.90 Å². The molecule has 0 aromatic heterocycles. The minimum atomic E-state index is 0.580. The lowest BCUT2D eigenvalue weighted by Gasteiger charge is -2.12. The van der Waals surface area contributed by atoms with Gasteiger partial charge in [0.25, 0.3) is 0 Å². The van der Waals surface area contributed by atoms with Gasteiger partial charge >= 0.3 is 0 Å². The van der Waals surface area contributed by atoms with Gasteiger partial charge in [0.1, 0.15) is 0 Å². The SMILES string of the molecule is C=C(/C=C\C(=C/C)C(C)C)N(C)C. The molecule has 0 bridgehead atoms. The highest BCUT2D eigenvalue weighted by atomic mass is 15.1. The Morgan fingerprint density at radius 3 is 2.08 bits per heavy atom. The molecule has 0 saturated heterocycles. The molecule has 1 heteroatoms. The van der Waals surface area contributed by atoms with E-state index in [0.717, 1.165) is 5.70 Å². The van der Waals surface area contributed by atoms with Crippen LogP contribution in [0.15, 0.2) is 36.1 Å². The van der Waals surface area contributed by atoms with Crippen molar-refractivity contribution in [2.45, 2.75) is 20.8 Å². The lowest BCUT2D eigenvalue weighted by Crippen LogP contribution is -2.07. The summed E-state index contributed by atoms with van der Waals surface area (Å²) in [5.41, 5.74) is 2.38. The largest absolute Gasteiger partial charge is 0.378 e. The fraction of sp³-hybridized carbons (Fsp3) is 0.500. The van der Waals surface area contributed by atoms with Crippen molar-refractivity contribution in [2.24, 2.45) is 5.92 Å². The van der Waals surface area contributed by atoms with Gasteiger partial charge in [0.2, 0.25) is 0 Å². The van der Waals surface area contributed by atoms with Crippen LogP contribution in [0.2, 0.25) is 0 Å². The highest BCUT2D eigenvalue weighted by molar-refractivity contribution is 5.26. The van der Waals surface area contributed by atoms with Gasteiger partial charge in [-0.25, -0.2) is 0 Å². The summed E-state index contributed by atoms with van der Waals surface area (Å²) in [6.45, 7) is 10.4. The van der Waals surface area contributed by atoms with E-state index in [4.69, 9.17) is 0 Å². The molecule has 0 saturated carbocycles. The van der Waals surface area contributed by atoms with Gasteiger partial charge in [0, 0.05) is 19.8 Å². The maximum atomic E-state index is 3.93. The Kier molecular flexibility index (Phi) is 5.20. The van der Waals surface area contributed by atoms with Crippen molar-refractivity contribution in [1.82, 2.24) is 4.90 Å². The van der Waals surface area contributed by atoms with Crippen molar-refractivity contribution >= 4 is 0 Å². The van der Waals surface area contributed by atoms with Crippen LogP contribution < -0.4 is 0 Å². The standard InChI is InChI=1S/C12H21N/c1-7-12(10(2)3)9-8-11(4)13(5)6/h7-10H,4H2,1-3,5-6H3/b9-8-,12-7+. The lowest BCUT2D eigenvalue weighted by atomic mass is 10.0. The first-order valence-electron chi connectivity index (χ1n) is 4.69. The molecule has 0 aromatic rings. The number of nitrogens with zero attached hydrogens (tertiary/aromatic N) is 1. The monoisotopic (exact) mass is 179 g/mol. The number of hydrogen-bond donors (Lipinski definition) is 0. The molecule has 0 N–H and O–H groups in total. The molecule has 0 radical (unpaired) electrons. The van der Waals surface area contributed by atoms with Crippen molar-refractivity contribution in [2.75, 3.05) is 14.1 Å². The highest BCUT2D eigenvalue weighted by Gasteiger charge is 1.97. The third-order valence-corrected chi connectivity index (χ3v) is 2.04. The third kappa shape index (κ3) is 4.56. The highest BCUT2D eigenvalue weighted by Crippen LogP contribution is 2.11. The number of allylic oxidation sites excluding steroid dienone is 4. The molecule has 0 aliphatic carbocycles. The Morgan fingerprint density at radius 2 is 1.77 bits per heavy atom. The summed E-state index contributed by atoms with van der Waals surface area (Å²) in [6, 6.07) is 0. The molecule has 0 atom stereocenters. The van der Waals surface area contributed by atoms with E-state index in [9.17, 15) is 0 Å². The maximum Gasteiger partial charge on any atom is 0.0288 e. The van der Waals surface area contributed by atoms with Crippen LogP contribution in [-0.2, 0) is 0 Å². The van der Waals surface area contributed by atoms with Crippen LogP contribution >= 0.6 is 0 Å². The molecule has 1 nitrogen and oxygen atoms in total. The summed E-state index contributed by atoms with van der Waals surface area (Å²) in [4.78, 5) is 2.00. The molecule has 0 amide bonds. The first kappa shape index (κ1) is 12.0. The quantitative estimate of drug-likeness (QED) is 0.599. The van der Waals surface area contributed by atoms with Gasteiger partial charge in [-0.05, 0) is 24.5 Å². The number of hydrogen-bond acceptors (Lipinski definition) is 1. The van der Waals surface area contributed by atoms with Gasteiger partial charge in [-0.1, -0.05) is 32.6 Å². The predicted octanol–water partition coefficient (Wildman–Crippen LogP) is 3.22. The lowest BCUT2D eigenvalue weighted by molar-refractivity contribution is 0.532. The van der Waals surface area contributed by atoms with Crippen molar-refractivity contribution in [3.63, 3.8) is 0 Å². The molecule has 74 valence electrons. The zero-order valence-corrected chi connectivity index (χ0v) is 9.46. The first-order chi connectivity index (χ1) is 5.99. The molecule has 0 unspecified atom stereocenters. The Morgan fingerprint density at radius 1 is 1.23 bits per heavy atom. The van der Waals surface area contributed by atoms with E-state index < -0.39 is 0 Å². The Labute approximate surface area is 82.4 Å². The van der Waals surface area contributed by atoms with Crippen molar-refractivity contribution in [3.05, 3.63) is 36.1 Å². The summed E-state index contributed by atoms with van der Waals surface area (Å²) < 4.78 is 0. The van der Waals surface area contributed by atoms with Gasteiger partial charge in [0.05, 0.1) is 0 Å². The molecule has 0 aliphatic heterocycles. The van der Waals surface area contributed by atoms with E-state index in [2.05, 4.69) is 45.6 Å². The van der Waals surface area contributed by atoms with Crippen LogP contribution in [0.25, 0.3) is 0 Å². The van der Waals surface area contributed by atoms with E-state index in [1.54, 1.807) is 0 Å². The Hall–Kier alpha value is -0.980. The minimum absolute atomic E-state index is 0.580. The summed E-state index contributed by atoms with van der Waals surface area (Å²) in [5.74, 6) is 0.580. The van der Waals surface area contributed by atoms with Crippen LogP contribution in [0.4, 0.5) is 0 Å². The third-order valence-electron chi connectivity index (χ3n) is 2.04. The van der Waals surface area contributed by atoms with E-state index in [1.807, 2.05) is 19.0 Å². The summed E-state index contributed by atoms with van der Waals surface area (Å²) >= 11 is 0. The average Bonchev–Trinajstić information content (AvgIpc) is 2.04. The maximum absolute atomic E-state index is 3.93. The van der Waals surface area contributed by atoms with Crippen LogP contribution in [0.5, 0.6) is 0 Å². The molecule has 0 rings (SSSR count). The van der Waals surface area contributed by atoms with E-state index in [1.165, 1.54) is 5.57 Å². The van der Waals surface area contributed by atoms with Gasteiger partial charge in [-0.3, -0.25) is 0 Å². The number of likely N-dealkylation sites (N-methyl/N-ethyl adjacent to an activating group) is 1. The van der Waals surface area contributed by atoms with Gasteiger partial charge in [-0.15, -0.1) is 0 Å². The zero-order valence-electron chi connectivity index (χ0n) is 9.46. The van der Waals surface area contributed by atoms with Gasteiger partial charge in [0.15, 0.2) is 0 Å². The first-order valence-corrected chi connectivity index (χ1v) is 4.69. The number of rotatable bonds is 4. The smallest absolute Gasteiger partial charge is 0.0288 e. The van der Waals surface area contributed by atoms with Crippen LogP contribution in [-0.4, -0.2) is 19.0 Å². The Balaban J connectivity index is 4.34. The molecular formula is C12H21N. The minimum Gasteiger partial charge on any atom is -0.378 e. The average molecular weight is 179 g/mol. The van der Waals surface area contributed by atoms with Crippen molar-refractivity contribution in [1.29, 1.82) is 0 Å². The molecule has 0 heterocycles. The molecular weight excluding hydrogens is 158 g/mol. The summed E-state index contributed by atoms with van der Waals surface area (Å²) in [5, 5.41) is 0. The summed E-state index contributed by atoms with van der Waals surface area (Å²) in [6.07, 6.45) is 6.33. The zero-order chi connectivity index (χ0) is 10.4. The predicted molar refractivity (Wildman–Crippen MR) is 60.6 cm³/mol. The second-order valence-corrected chi connectivity index (χ2v) is 3.66. The normalized spacial score (nSPS) is 12.6. The second kappa shape index (κ2) is 5.63. The van der Waals surface area contributed by atoms with Crippen LogP contribution in [0, 0.1) is 5.92 Å². The molecule has 0 aromatic carbocycles. The molecule has 13 heavy (non-hydrogen) atoms. The summed E-state index contributed by atoms with van der Waals surface area (Å²) in [7, 11) is 3.99. The van der Waals surface area contributed by atoms with Crippen LogP contribution in [0.1, 0.15) is 20.8 Å². The fourth-order valence-corrected chi connectivity index (χ4v) is 0.963. The van der Waals surface area contributed by atoms with E-state index >= 15 is 0 Å².